The number of carbonyl (C=O) groups excluding carboxylic acids is 2. The Morgan fingerprint density at radius 1 is 1.14 bits per heavy atom. The summed E-state index contributed by atoms with van der Waals surface area (Å²) in [5, 5.41) is 5.66. The summed E-state index contributed by atoms with van der Waals surface area (Å²) in [5.41, 5.74) is -0.674. The molecule has 2 amide bonds. The van der Waals surface area contributed by atoms with Gasteiger partial charge in [-0.2, -0.15) is 0 Å². The molecule has 1 saturated carbocycles. The van der Waals surface area contributed by atoms with Crippen LogP contribution in [0.4, 0.5) is 4.39 Å². The number of nitrogens with one attached hydrogen (secondary N) is 2. The molecule has 0 atom stereocenters. The lowest BCUT2D eigenvalue weighted by atomic mass is 10.0. The lowest BCUT2D eigenvalue weighted by molar-refractivity contribution is -0.126. The van der Waals surface area contributed by atoms with E-state index in [1.165, 1.54) is 24.3 Å². The standard InChI is InChI=1S/C16H21FN2O2/c1-16(2,15(21)18-13-5-3-4-6-13)19-14(20)11-7-9-12(17)10-8-11/h7-10,13H,3-6H2,1-2H3,(H,18,21)(H,19,20). The minimum Gasteiger partial charge on any atom is -0.351 e. The molecule has 0 saturated heterocycles. The van der Waals surface area contributed by atoms with Crippen molar-refractivity contribution in [3.63, 3.8) is 0 Å². The van der Waals surface area contributed by atoms with Gasteiger partial charge in [0.25, 0.3) is 5.91 Å². The van der Waals surface area contributed by atoms with Gasteiger partial charge in [0.15, 0.2) is 0 Å². The Morgan fingerprint density at radius 3 is 2.29 bits per heavy atom. The molecular weight excluding hydrogens is 271 g/mol. The highest BCUT2D eigenvalue weighted by Crippen LogP contribution is 2.18. The maximum atomic E-state index is 12.8. The van der Waals surface area contributed by atoms with Crippen molar-refractivity contribution in [3.8, 4) is 0 Å². The van der Waals surface area contributed by atoms with Crippen LogP contribution in [-0.2, 0) is 4.79 Å². The van der Waals surface area contributed by atoms with Crippen molar-refractivity contribution in [2.75, 3.05) is 0 Å². The van der Waals surface area contributed by atoms with Gasteiger partial charge in [-0.25, -0.2) is 4.39 Å². The molecule has 114 valence electrons. The summed E-state index contributed by atoms with van der Waals surface area (Å²) in [4.78, 5) is 24.4. The van der Waals surface area contributed by atoms with Gasteiger partial charge in [0.05, 0.1) is 0 Å². The van der Waals surface area contributed by atoms with Crippen LogP contribution >= 0.6 is 0 Å². The molecule has 0 unspecified atom stereocenters. The Labute approximate surface area is 124 Å². The predicted molar refractivity (Wildman–Crippen MR) is 78.3 cm³/mol. The van der Waals surface area contributed by atoms with Crippen molar-refractivity contribution < 1.29 is 14.0 Å². The van der Waals surface area contributed by atoms with E-state index in [0.29, 0.717) is 5.56 Å². The van der Waals surface area contributed by atoms with E-state index in [4.69, 9.17) is 0 Å². The summed E-state index contributed by atoms with van der Waals surface area (Å²) < 4.78 is 12.8. The molecule has 5 heteroatoms. The largest absolute Gasteiger partial charge is 0.351 e. The number of carbonyl (C=O) groups is 2. The van der Waals surface area contributed by atoms with Crippen LogP contribution in [0.2, 0.25) is 0 Å². The zero-order chi connectivity index (χ0) is 15.5. The van der Waals surface area contributed by atoms with E-state index in [1.807, 2.05) is 0 Å². The van der Waals surface area contributed by atoms with Gasteiger partial charge in [-0.05, 0) is 51.0 Å². The highest BCUT2D eigenvalue weighted by atomic mass is 19.1. The fourth-order valence-corrected chi connectivity index (χ4v) is 2.45. The summed E-state index contributed by atoms with van der Waals surface area (Å²) in [7, 11) is 0. The molecule has 0 aromatic heterocycles. The van der Waals surface area contributed by atoms with Crippen molar-refractivity contribution in [3.05, 3.63) is 35.6 Å². The van der Waals surface area contributed by atoms with Crippen LogP contribution < -0.4 is 10.6 Å². The van der Waals surface area contributed by atoms with Crippen LogP contribution in [-0.4, -0.2) is 23.4 Å². The fourth-order valence-electron chi connectivity index (χ4n) is 2.45. The zero-order valence-corrected chi connectivity index (χ0v) is 12.4. The first-order valence-corrected chi connectivity index (χ1v) is 7.27. The van der Waals surface area contributed by atoms with Crippen LogP contribution in [0, 0.1) is 5.82 Å². The van der Waals surface area contributed by atoms with Crippen molar-refractivity contribution in [1.29, 1.82) is 0 Å². The van der Waals surface area contributed by atoms with Crippen LogP contribution in [0.1, 0.15) is 49.9 Å². The minimum absolute atomic E-state index is 0.190. The lowest BCUT2D eigenvalue weighted by Gasteiger charge is -2.27. The average molecular weight is 292 g/mol. The van der Waals surface area contributed by atoms with Gasteiger partial charge in [-0.15, -0.1) is 0 Å². The van der Waals surface area contributed by atoms with Gasteiger partial charge in [-0.1, -0.05) is 12.8 Å². The number of amides is 2. The summed E-state index contributed by atoms with van der Waals surface area (Å²) in [6.45, 7) is 3.33. The summed E-state index contributed by atoms with van der Waals surface area (Å²) >= 11 is 0. The van der Waals surface area contributed by atoms with Crippen molar-refractivity contribution in [2.45, 2.75) is 51.1 Å². The molecule has 0 radical (unpaired) electrons. The van der Waals surface area contributed by atoms with E-state index in [-0.39, 0.29) is 17.9 Å². The normalized spacial score (nSPS) is 15.8. The van der Waals surface area contributed by atoms with Gasteiger partial charge in [0, 0.05) is 11.6 Å². The number of hydrogen-bond donors (Lipinski definition) is 2. The first-order chi connectivity index (χ1) is 9.88. The highest BCUT2D eigenvalue weighted by Gasteiger charge is 2.31. The zero-order valence-electron chi connectivity index (χ0n) is 12.4. The first kappa shape index (κ1) is 15.5. The topological polar surface area (TPSA) is 58.2 Å². The van der Waals surface area contributed by atoms with Crippen molar-refractivity contribution in [2.24, 2.45) is 0 Å². The minimum atomic E-state index is -1.01. The molecule has 1 aromatic carbocycles. The van der Waals surface area contributed by atoms with Crippen molar-refractivity contribution in [1.82, 2.24) is 10.6 Å². The third kappa shape index (κ3) is 4.03. The fraction of sp³-hybridized carbons (Fsp3) is 0.500. The molecule has 4 nitrogen and oxygen atoms in total. The second-order valence-electron chi connectivity index (χ2n) is 6.04. The SMILES string of the molecule is CC(C)(NC(=O)c1ccc(F)cc1)C(=O)NC1CCCC1. The Kier molecular flexibility index (Phi) is 4.60. The number of hydrogen-bond acceptors (Lipinski definition) is 2. The Hall–Kier alpha value is -1.91. The predicted octanol–water partition coefficient (Wildman–Crippen LogP) is 2.39. The van der Waals surface area contributed by atoms with Gasteiger partial charge >= 0.3 is 0 Å². The van der Waals surface area contributed by atoms with E-state index in [2.05, 4.69) is 10.6 Å². The summed E-state index contributed by atoms with van der Waals surface area (Å²) in [6.07, 6.45) is 4.25. The Balaban J connectivity index is 1.96. The smallest absolute Gasteiger partial charge is 0.252 e. The number of halogens is 1. The van der Waals surface area contributed by atoms with E-state index in [0.717, 1.165) is 25.7 Å². The highest BCUT2D eigenvalue weighted by molar-refractivity contribution is 5.98. The van der Waals surface area contributed by atoms with Crippen LogP contribution in [0.15, 0.2) is 24.3 Å². The molecule has 2 rings (SSSR count). The molecule has 1 aromatic rings. The molecule has 1 fully saturated rings. The second-order valence-corrected chi connectivity index (χ2v) is 6.04. The summed E-state index contributed by atoms with van der Waals surface area (Å²) in [6, 6.07) is 5.45. The van der Waals surface area contributed by atoms with Gasteiger partial charge in [0.2, 0.25) is 5.91 Å². The first-order valence-electron chi connectivity index (χ1n) is 7.27. The Bertz CT molecular complexity index is 520. The van der Waals surface area contributed by atoms with Gasteiger partial charge < -0.3 is 10.6 Å². The van der Waals surface area contributed by atoms with Gasteiger partial charge in [0.1, 0.15) is 11.4 Å². The Morgan fingerprint density at radius 2 is 1.71 bits per heavy atom. The molecular formula is C16H21FN2O2. The third-order valence-electron chi connectivity index (χ3n) is 3.79. The maximum absolute atomic E-state index is 12.8. The number of benzene rings is 1. The monoisotopic (exact) mass is 292 g/mol. The van der Waals surface area contributed by atoms with Crippen LogP contribution in [0.3, 0.4) is 0 Å². The molecule has 1 aliphatic rings. The molecule has 0 aliphatic heterocycles. The number of rotatable bonds is 4. The molecule has 0 bridgehead atoms. The molecule has 0 heterocycles. The maximum Gasteiger partial charge on any atom is 0.252 e. The van der Waals surface area contributed by atoms with E-state index < -0.39 is 11.4 Å². The third-order valence-corrected chi connectivity index (χ3v) is 3.79. The summed E-state index contributed by atoms with van der Waals surface area (Å²) in [5.74, 6) is -0.976. The second kappa shape index (κ2) is 6.24. The molecule has 0 spiro atoms. The van der Waals surface area contributed by atoms with Crippen LogP contribution in [0.25, 0.3) is 0 Å². The molecule has 2 N–H and O–H groups in total. The van der Waals surface area contributed by atoms with E-state index in [9.17, 15) is 14.0 Å². The molecule has 21 heavy (non-hydrogen) atoms. The van der Waals surface area contributed by atoms with E-state index >= 15 is 0 Å². The van der Waals surface area contributed by atoms with Crippen molar-refractivity contribution >= 4 is 11.8 Å². The van der Waals surface area contributed by atoms with E-state index in [1.54, 1.807) is 13.8 Å². The van der Waals surface area contributed by atoms with Gasteiger partial charge in [-0.3, -0.25) is 9.59 Å². The quantitative estimate of drug-likeness (QED) is 0.895. The molecule has 1 aliphatic carbocycles. The lowest BCUT2D eigenvalue weighted by Crippen LogP contribution is -2.56. The van der Waals surface area contributed by atoms with Crippen LogP contribution in [0.5, 0.6) is 0 Å². The average Bonchev–Trinajstić information content (AvgIpc) is 2.91.